The predicted octanol–water partition coefficient (Wildman–Crippen LogP) is 5.61. The van der Waals surface area contributed by atoms with Gasteiger partial charge in [0.25, 0.3) is 5.56 Å². The number of rotatable bonds is 5. The molecule has 4 aromatic rings. The molecule has 3 aromatic carbocycles. The smallest absolute Gasteiger partial charge is 0.307 e. The van der Waals surface area contributed by atoms with Crippen LogP contribution in [0, 0.1) is 11.6 Å². The maximum Gasteiger partial charge on any atom is 0.328 e. The van der Waals surface area contributed by atoms with Crippen LogP contribution < -0.4 is 11.2 Å². The summed E-state index contributed by atoms with van der Waals surface area (Å²) in [5.74, 6) is -0.609. The molecule has 1 aromatic heterocycles. The van der Waals surface area contributed by atoms with E-state index in [1.807, 2.05) is 0 Å². The van der Waals surface area contributed by atoms with Gasteiger partial charge in [-0.05, 0) is 85.0 Å². The van der Waals surface area contributed by atoms with Crippen LogP contribution in [0.15, 0.2) is 81.9 Å². The fourth-order valence-electron chi connectivity index (χ4n) is 5.00. The zero-order chi connectivity index (χ0) is 25.9. The van der Waals surface area contributed by atoms with E-state index in [2.05, 4.69) is 9.88 Å². The number of nitrogens with zero attached hydrogens (tertiary/aromatic N) is 2. The molecule has 2 heterocycles. The van der Waals surface area contributed by atoms with E-state index in [1.165, 1.54) is 34.4 Å². The van der Waals surface area contributed by atoms with Crippen LogP contribution in [-0.2, 0) is 6.54 Å². The summed E-state index contributed by atoms with van der Waals surface area (Å²) in [6.45, 7) is 2.39. The van der Waals surface area contributed by atoms with Crippen molar-refractivity contribution in [1.82, 2.24) is 14.5 Å². The lowest BCUT2D eigenvalue weighted by molar-refractivity contribution is 0.272. The van der Waals surface area contributed by atoms with Gasteiger partial charge in [-0.1, -0.05) is 41.4 Å². The number of benzene rings is 3. The van der Waals surface area contributed by atoms with E-state index >= 15 is 0 Å². The number of likely N-dealkylation sites (tertiary alicyclic amines) is 1. The van der Waals surface area contributed by atoms with Gasteiger partial charge in [0, 0.05) is 24.7 Å². The monoisotopic (exact) mass is 521 g/mol. The summed E-state index contributed by atoms with van der Waals surface area (Å²) < 4.78 is 28.5. The van der Waals surface area contributed by atoms with Crippen molar-refractivity contribution < 1.29 is 8.78 Å². The lowest BCUT2D eigenvalue weighted by Gasteiger charge is -2.20. The number of aromatic nitrogens is 2. The molecule has 0 aliphatic carbocycles. The highest BCUT2D eigenvalue weighted by molar-refractivity contribution is 6.31. The van der Waals surface area contributed by atoms with Gasteiger partial charge < -0.3 is 9.88 Å². The van der Waals surface area contributed by atoms with Crippen molar-refractivity contribution in [2.45, 2.75) is 25.8 Å². The Bertz CT molecular complexity index is 1530. The SMILES string of the molecule is O=c1[nH]c2cc(Cl)ccc2c(=O)n1CCN1CCCC(=C(c2ccc(F)cc2)c2ccc(F)cc2)CC1. The van der Waals surface area contributed by atoms with Crippen LogP contribution in [0.4, 0.5) is 8.78 Å². The Labute approximate surface area is 217 Å². The number of fused-ring (bicyclic) bond motifs is 1. The summed E-state index contributed by atoms with van der Waals surface area (Å²) in [5, 5.41) is 0.877. The van der Waals surface area contributed by atoms with E-state index in [1.54, 1.807) is 42.5 Å². The standard InChI is InChI=1S/C29H26ClF2N3O2/c30-22-7-12-25-26(18-22)33-29(37)35(28(25)36)17-16-34-14-1-2-19(13-15-34)27(20-3-8-23(31)9-4-20)21-5-10-24(32)11-6-21/h3-12,18H,1-2,13-17H2,(H,33,37). The van der Waals surface area contributed by atoms with E-state index in [-0.39, 0.29) is 23.7 Å². The maximum absolute atomic E-state index is 13.6. The lowest BCUT2D eigenvalue weighted by atomic mass is 9.90. The predicted molar refractivity (Wildman–Crippen MR) is 143 cm³/mol. The first-order valence-electron chi connectivity index (χ1n) is 12.3. The molecule has 1 aliphatic heterocycles. The molecule has 0 saturated carbocycles. The Balaban J connectivity index is 1.38. The molecule has 1 saturated heterocycles. The molecule has 0 radical (unpaired) electrons. The second-order valence-corrected chi connectivity index (χ2v) is 9.70. The third-order valence-corrected chi connectivity index (χ3v) is 7.12. The summed E-state index contributed by atoms with van der Waals surface area (Å²) in [4.78, 5) is 30.5. The van der Waals surface area contributed by atoms with Crippen molar-refractivity contribution in [3.8, 4) is 0 Å². The Kier molecular flexibility index (Phi) is 7.35. The van der Waals surface area contributed by atoms with Crippen molar-refractivity contribution in [2.24, 2.45) is 0 Å². The molecule has 0 spiro atoms. The van der Waals surface area contributed by atoms with E-state index in [9.17, 15) is 18.4 Å². The third-order valence-electron chi connectivity index (χ3n) is 6.89. The summed E-state index contributed by atoms with van der Waals surface area (Å²) >= 11 is 5.99. The van der Waals surface area contributed by atoms with Crippen LogP contribution in [0.2, 0.25) is 5.02 Å². The normalized spacial score (nSPS) is 14.6. The molecule has 0 unspecified atom stereocenters. The molecule has 1 fully saturated rings. The van der Waals surface area contributed by atoms with Gasteiger partial charge in [0.05, 0.1) is 10.9 Å². The summed E-state index contributed by atoms with van der Waals surface area (Å²) in [6.07, 6.45) is 2.51. The topological polar surface area (TPSA) is 58.1 Å². The second-order valence-electron chi connectivity index (χ2n) is 9.26. The van der Waals surface area contributed by atoms with Crippen LogP contribution in [0.3, 0.4) is 0 Å². The quantitative estimate of drug-likeness (QED) is 0.371. The van der Waals surface area contributed by atoms with Crippen molar-refractivity contribution in [1.29, 1.82) is 0 Å². The molecule has 1 aliphatic rings. The minimum absolute atomic E-state index is 0.272. The number of H-pyrrole nitrogens is 1. The number of hydrogen-bond acceptors (Lipinski definition) is 3. The van der Waals surface area contributed by atoms with Gasteiger partial charge in [-0.2, -0.15) is 0 Å². The Morgan fingerprint density at radius 3 is 2.14 bits per heavy atom. The molecule has 0 bridgehead atoms. The van der Waals surface area contributed by atoms with Gasteiger partial charge in [-0.3, -0.25) is 9.36 Å². The molecule has 0 amide bonds. The Hall–Kier alpha value is -3.55. The summed E-state index contributed by atoms with van der Waals surface area (Å²) in [7, 11) is 0. The second kappa shape index (κ2) is 10.8. The van der Waals surface area contributed by atoms with Crippen molar-refractivity contribution >= 4 is 28.1 Å². The van der Waals surface area contributed by atoms with Gasteiger partial charge in [-0.25, -0.2) is 13.6 Å². The number of hydrogen-bond donors (Lipinski definition) is 1. The maximum atomic E-state index is 13.6. The fraction of sp³-hybridized carbons (Fsp3) is 0.241. The molecule has 0 atom stereocenters. The highest BCUT2D eigenvalue weighted by Gasteiger charge is 2.18. The van der Waals surface area contributed by atoms with Crippen molar-refractivity contribution in [3.63, 3.8) is 0 Å². The summed E-state index contributed by atoms with van der Waals surface area (Å²) in [6, 6.07) is 17.6. The van der Waals surface area contributed by atoms with Crippen molar-refractivity contribution in [3.05, 3.63) is 121 Å². The zero-order valence-electron chi connectivity index (χ0n) is 20.1. The van der Waals surface area contributed by atoms with Crippen LogP contribution in [-0.4, -0.2) is 34.1 Å². The fourth-order valence-corrected chi connectivity index (χ4v) is 5.17. The van der Waals surface area contributed by atoms with E-state index in [4.69, 9.17) is 11.6 Å². The molecular weight excluding hydrogens is 496 g/mol. The first-order valence-corrected chi connectivity index (χ1v) is 12.7. The molecule has 5 nitrogen and oxygen atoms in total. The van der Waals surface area contributed by atoms with Crippen LogP contribution in [0.1, 0.15) is 30.4 Å². The van der Waals surface area contributed by atoms with Crippen LogP contribution in [0.5, 0.6) is 0 Å². The average molecular weight is 522 g/mol. The Morgan fingerprint density at radius 2 is 1.49 bits per heavy atom. The number of aromatic amines is 1. The molecule has 190 valence electrons. The first-order chi connectivity index (χ1) is 17.9. The Morgan fingerprint density at radius 1 is 0.838 bits per heavy atom. The molecule has 1 N–H and O–H groups in total. The number of nitrogens with one attached hydrogen (secondary N) is 1. The molecule has 5 rings (SSSR count). The average Bonchev–Trinajstić information content (AvgIpc) is 3.12. The zero-order valence-corrected chi connectivity index (χ0v) is 20.9. The van der Waals surface area contributed by atoms with Gasteiger partial charge in [0.15, 0.2) is 0 Å². The van der Waals surface area contributed by atoms with Gasteiger partial charge in [0.2, 0.25) is 0 Å². The molecule has 37 heavy (non-hydrogen) atoms. The van der Waals surface area contributed by atoms with Crippen LogP contribution >= 0.6 is 11.6 Å². The van der Waals surface area contributed by atoms with Gasteiger partial charge in [0.1, 0.15) is 11.6 Å². The van der Waals surface area contributed by atoms with Crippen LogP contribution in [0.25, 0.3) is 16.5 Å². The number of halogens is 3. The highest BCUT2D eigenvalue weighted by Crippen LogP contribution is 2.32. The van der Waals surface area contributed by atoms with E-state index in [0.717, 1.165) is 49.1 Å². The minimum atomic E-state index is -0.454. The van der Waals surface area contributed by atoms with Gasteiger partial charge in [-0.15, -0.1) is 0 Å². The van der Waals surface area contributed by atoms with E-state index in [0.29, 0.717) is 22.5 Å². The van der Waals surface area contributed by atoms with E-state index < -0.39 is 5.69 Å². The van der Waals surface area contributed by atoms with Gasteiger partial charge >= 0.3 is 5.69 Å². The first kappa shape index (κ1) is 25.1. The highest BCUT2D eigenvalue weighted by atomic mass is 35.5. The summed E-state index contributed by atoms with van der Waals surface area (Å²) in [5.41, 5.74) is 3.65. The molecular formula is C29H26ClF2N3O2. The lowest BCUT2D eigenvalue weighted by Crippen LogP contribution is -2.39. The third kappa shape index (κ3) is 5.58. The largest absolute Gasteiger partial charge is 0.328 e. The minimum Gasteiger partial charge on any atom is -0.307 e. The molecule has 8 heteroatoms. The van der Waals surface area contributed by atoms with Crippen molar-refractivity contribution in [2.75, 3.05) is 19.6 Å².